The lowest BCUT2D eigenvalue weighted by Gasteiger charge is -2.14. The van der Waals surface area contributed by atoms with Gasteiger partial charge in [-0.05, 0) is 35.4 Å². The number of carbonyl (C=O) groups is 1. The number of nitro benzene ring substituents is 1. The van der Waals surface area contributed by atoms with Crippen LogP contribution in [-0.2, 0) is 0 Å². The molecule has 0 bridgehead atoms. The molecular formula is C13H14N4O3S. The van der Waals surface area contributed by atoms with Gasteiger partial charge in [0.25, 0.3) is 11.6 Å². The van der Waals surface area contributed by atoms with Gasteiger partial charge in [0.05, 0.1) is 22.2 Å². The Morgan fingerprint density at radius 3 is 2.76 bits per heavy atom. The number of hydrogen-bond donors (Lipinski definition) is 3. The number of nitrogens with zero attached hydrogens (tertiary/aromatic N) is 1. The first-order valence-corrected chi connectivity index (χ1v) is 7.05. The predicted molar refractivity (Wildman–Crippen MR) is 81.1 cm³/mol. The molecule has 4 N–H and O–H groups in total. The van der Waals surface area contributed by atoms with Crippen LogP contribution in [0.4, 0.5) is 11.4 Å². The number of nitrogens with two attached hydrogens (primary N) is 1. The molecule has 0 saturated carbocycles. The molecule has 1 aromatic heterocycles. The van der Waals surface area contributed by atoms with Crippen molar-refractivity contribution in [3.63, 3.8) is 0 Å². The SMILES string of the molecule is CC(NC(=O)c1cc([N+](=O)[O-])ccc1NN)c1ccsc1. The monoisotopic (exact) mass is 306 g/mol. The third-order valence-electron chi connectivity index (χ3n) is 3.00. The van der Waals surface area contributed by atoms with Crippen LogP contribution >= 0.6 is 11.3 Å². The van der Waals surface area contributed by atoms with E-state index < -0.39 is 10.8 Å². The van der Waals surface area contributed by atoms with Gasteiger partial charge in [0.2, 0.25) is 0 Å². The molecular weight excluding hydrogens is 292 g/mol. The maximum atomic E-state index is 12.3. The number of benzene rings is 1. The third kappa shape index (κ3) is 3.36. The lowest BCUT2D eigenvalue weighted by Crippen LogP contribution is -2.27. The third-order valence-corrected chi connectivity index (χ3v) is 3.71. The van der Waals surface area contributed by atoms with E-state index >= 15 is 0 Å². The van der Waals surface area contributed by atoms with E-state index in [1.165, 1.54) is 29.5 Å². The highest BCUT2D eigenvalue weighted by Gasteiger charge is 2.18. The molecule has 1 heterocycles. The summed E-state index contributed by atoms with van der Waals surface area (Å²) in [6, 6.07) is 5.60. The van der Waals surface area contributed by atoms with E-state index in [4.69, 9.17) is 5.84 Å². The van der Waals surface area contributed by atoms with E-state index in [0.717, 1.165) is 5.56 Å². The van der Waals surface area contributed by atoms with Gasteiger partial charge in [-0.25, -0.2) is 0 Å². The Morgan fingerprint density at radius 2 is 2.19 bits per heavy atom. The molecule has 2 rings (SSSR count). The molecule has 0 radical (unpaired) electrons. The number of thiophene rings is 1. The van der Waals surface area contributed by atoms with Gasteiger partial charge in [-0.15, -0.1) is 0 Å². The highest BCUT2D eigenvalue weighted by molar-refractivity contribution is 7.07. The van der Waals surface area contributed by atoms with Crippen LogP contribution < -0.4 is 16.6 Å². The number of non-ortho nitro benzene ring substituents is 1. The smallest absolute Gasteiger partial charge is 0.270 e. The second-order valence-electron chi connectivity index (χ2n) is 4.38. The molecule has 21 heavy (non-hydrogen) atoms. The normalized spacial score (nSPS) is 11.7. The average molecular weight is 306 g/mol. The first kappa shape index (κ1) is 14.9. The van der Waals surface area contributed by atoms with Gasteiger partial charge in [0.15, 0.2) is 0 Å². The zero-order valence-electron chi connectivity index (χ0n) is 11.2. The Kier molecular flexibility index (Phi) is 4.51. The molecule has 2 aromatic rings. The second kappa shape index (κ2) is 6.33. The first-order valence-electron chi connectivity index (χ1n) is 6.11. The summed E-state index contributed by atoms with van der Waals surface area (Å²) in [5.74, 6) is 4.92. The highest BCUT2D eigenvalue weighted by atomic mass is 32.1. The van der Waals surface area contributed by atoms with E-state index in [1.54, 1.807) is 0 Å². The fraction of sp³-hybridized carbons (Fsp3) is 0.154. The van der Waals surface area contributed by atoms with Crippen molar-refractivity contribution in [2.24, 2.45) is 5.84 Å². The van der Waals surface area contributed by atoms with Gasteiger partial charge >= 0.3 is 0 Å². The molecule has 1 atom stereocenters. The Hall–Kier alpha value is -2.45. The van der Waals surface area contributed by atoms with E-state index in [2.05, 4.69) is 10.7 Å². The fourth-order valence-electron chi connectivity index (χ4n) is 1.84. The number of amides is 1. The molecule has 0 aliphatic heterocycles. The lowest BCUT2D eigenvalue weighted by molar-refractivity contribution is -0.384. The minimum absolute atomic E-state index is 0.133. The molecule has 0 fully saturated rings. The van der Waals surface area contributed by atoms with Crippen molar-refractivity contribution < 1.29 is 9.72 Å². The maximum absolute atomic E-state index is 12.3. The first-order chi connectivity index (χ1) is 10.0. The van der Waals surface area contributed by atoms with E-state index in [-0.39, 0.29) is 17.3 Å². The number of nitro groups is 1. The average Bonchev–Trinajstić information content (AvgIpc) is 3.00. The van der Waals surface area contributed by atoms with Crippen LogP contribution in [0.15, 0.2) is 35.0 Å². The van der Waals surface area contributed by atoms with Crippen molar-refractivity contribution in [3.05, 3.63) is 56.3 Å². The molecule has 0 aliphatic carbocycles. The van der Waals surface area contributed by atoms with Gasteiger partial charge in [0.1, 0.15) is 0 Å². The van der Waals surface area contributed by atoms with Crippen LogP contribution in [0.3, 0.4) is 0 Å². The van der Waals surface area contributed by atoms with Gasteiger partial charge in [0, 0.05) is 12.1 Å². The van der Waals surface area contributed by atoms with Crippen molar-refractivity contribution in [2.75, 3.05) is 5.43 Å². The number of anilines is 1. The van der Waals surface area contributed by atoms with Crippen molar-refractivity contribution in [1.82, 2.24) is 5.32 Å². The zero-order chi connectivity index (χ0) is 15.4. The molecule has 110 valence electrons. The summed E-state index contributed by atoms with van der Waals surface area (Å²) < 4.78 is 0. The van der Waals surface area contributed by atoms with Crippen LogP contribution in [0.2, 0.25) is 0 Å². The summed E-state index contributed by atoms with van der Waals surface area (Å²) in [5, 5.41) is 17.4. The molecule has 1 aromatic carbocycles. The summed E-state index contributed by atoms with van der Waals surface area (Å²) >= 11 is 1.53. The second-order valence-corrected chi connectivity index (χ2v) is 5.16. The van der Waals surface area contributed by atoms with Crippen LogP contribution in [0.25, 0.3) is 0 Å². The van der Waals surface area contributed by atoms with E-state index in [1.807, 2.05) is 23.8 Å². The van der Waals surface area contributed by atoms with Crippen molar-refractivity contribution in [3.8, 4) is 0 Å². The van der Waals surface area contributed by atoms with Crippen molar-refractivity contribution in [1.29, 1.82) is 0 Å². The van der Waals surface area contributed by atoms with Gasteiger partial charge < -0.3 is 10.7 Å². The number of carbonyl (C=O) groups excluding carboxylic acids is 1. The molecule has 0 spiro atoms. The van der Waals surface area contributed by atoms with Crippen LogP contribution in [-0.4, -0.2) is 10.8 Å². The number of nitrogens with one attached hydrogen (secondary N) is 2. The minimum atomic E-state index is -0.556. The number of rotatable bonds is 5. The minimum Gasteiger partial charge on any atom is -0.345 e. The summed E-state index contributed by atoms with van der Waals surface area (Å²) in [4.78, 5) is 22.5. The molecule has 7 nitrogen and oxygen atoms in total. The van der Waals surface area contributed by atoms with E-state index in [9.17, 15) is 14.9 Å². The summed E-state index contributed by atoms with van der Waals surface area (Å²) in [5.41, 5.74) is 3.64. The summed E-state index contributed by atoms with van der Waals surface area (Å²) in [7, 11) is 0. The number of nitrogen functional groups attached to an aromatic ring is 1. The summed E-state index contributed by atoms with van der Waals surface area (Å²) in [6.07, 6.45) is 0. The standard InChI is InChI=1S/C13H14N4O3S/c1-8(9-4-5-21-7-9)15-13(18)11-6-10(17(19)20)2-3-12(11)16-14/h2-8,16H,14H2,1H3,(H,15,18). The fourth-order valence-corrected chi connectivity index (χ4v) is 2.59. The van der Waals surface area contributed by atoms with E-state index in [0.29, 0.717) is 5.69 Å². The van der Waals surface area contributed by atoms with Gasteiger partial charge in [-0.3, -0.25) is 20.8 Å². The van der Waals surface area contributed by atoms with Crippen molar-refractivity contribution in [2.45, 2.75) is 13.0 Å². The zero-order valence-corrected chi connectivity index (χ0v) is 12.0. The van der Waals surface area contributed by atoms with Crippen LogP contribution in [0, 0.1) is 10.1 Å². The van der Waals surface area contributed by atoms with Crippen molar-refractivity contribution >= 4 is 28.6 Å². The Labute approximate surface area is 124 Å². The molecule has 1 unspecified atom stereocenters. The van der Waals surface area contributed by atoms with Crippen LogP contribution in [0.5, 0.6) is 0 Å². The Balaban J connectivity index is 2.25. The lowest BCUT2D eigenvalue weighted by atomic mass is 10.1. The molecule has 0 saturated heterocycles. The number of hydrazine groups is 1. The summed E-state index contributed by atoms with van der Waals surface area (Å²) in [6.45, 7) is 1.84. The predicted octanol–water partition coefficient (Wildman–Crippen LogP) is 2.43. The molecule has 1 amide bonds. The van der Waals surface area contributed by atoms with Gasteiger partial charge in [-0.2, -0.15) is 11.3 Å². The quantitative estimate of drug-likeness (QED) is 0.446. The van der Waals surface area contributed by atoms with Gasteiger partial charge in [-0.1, -0.05) is 0 Å². The number of hydrogen-bond acceptors (Lipinski definition) is 6. The molecule has 0 aliphatic rings. The van der Waals surface area contributed by atoms with Crippen LogP contribution in [0.1, 0.15) is 28.9 Å². The largest absolute Gasteiger partial charge is 0.345 e. The Bertz CT molecular complexity index is 657. The Morgan fingerprint density at radius 1 is 1.43 bits per heavy atom. The maximum Gasteiger partial charge on any atom is 0.270 e. The highest BCUT2D eigenvalue weighted by Crippen LogP contribution is 2.23. The topological polar surface area (TPSA) is 110 Å². The molecule has 8 heteroatoms.